The summed E-state index contributed by atoms with van der Waals surface area (Å²) in [7, 11) is 0. The number of hydrogen-bond donors (Lipinski definition) is 1. The quantitative estimate of drug-likeness (QED) is 0.804. The SMILES string of the molecule is O=C(O)Cc1ccccc1-n1nccn1. The third-order valence-electron chi connectivity index (χ3n) is 1.97. The first-order valence-corrected chi connectivity index (χ1v) is 4.44. The molecule has 0 saturated carbocycles. The summed E-state index contributed by atoms with van der Waals surface area (Å²) in [5.41, 5.74) is 1.39. The number of rotatable bonds is 3. The molecule has 0 aliphatic carbocycles. The van der Waals surface area contributed by atoms with Gasteiger partial charge in [-0.3, -0.25) is 4.79 Å². The summed E-state index contributed by atoms with van der Waals surface area (Å²) >= 11 is 0. The van der Waals surface area contributed by atoms with Crippen LogP contribution in [-0.2, 0) is 11.2 Å². The molecule has 2 rings (SSSR count). The zero-order valence-electron chi connectivity index (χ0n) is 7.87. The highest BCUT2D eigenvalue weighted by atomic mass is 16.4. The number of hydrogen-bond acceptors (Lipinski definition) is 3. The van der Waals surface area contributed by atoms with Crippen LogP contribution >= 0.6 is 0 Å². The van der Waals surface area contributed by atoms with Crippen LogP contribution in [0.1, 0.15) is 5.56 Å². The van der Waals surface area contributed by atoms with Crippen molar-refractivity contribution in [1.82, 2.24) is 15.0 Å². The Morgan fingerprint density at radius 3 is 2.60 bits per heavy atom. The lowest BCUT2D eigenvalue weighted by molar-refractivity contribution is -0.136. The van der Waals surface area contributed by atoms with Crippen LogP contribution < -0.4 is 0 Å². The van der Waals surface area contributed by atoms with E-state index in [9.17, 15) is 4.79 Å². The lowest BCUT2D eigenvalue weighted by Crippen LogP contribution is -2.07. The molecule has 2 aromatic rings. The molecule has 0 saturated heterocycles. The normalized spacial score (nSPS) is 10.1. The second-order valence-corrected chi connectivity index (χ2v) is 3.02. The van der Waals surface area contributed by atoms with Crippen molar-refractivity contribution < 1.29 is 9.90 Å². The number of carboxylic acids is 1. The molecule has 0 unspecified atom stereocenters. The van der Waals surface area contributed by atoms with Crippen LogP contribution in [-0.4, -0.2) is 26.1 Å². The van der Waals surface area contributed by atoms with Gasteiger partial charge in [-0.15, -0.1) is 0 Å². The average Bonchev–Trinajstić information content (AvgIpc) is 2.70. The molecule has 1 heterocycles. The number of benzene rings is 1. The highest BCUT2D eigenvalue weighted by molar-refractivity contribution is 5.71. The van der Waals surface area contributed by atoms with Crippen molar-refractivity contribution in [3.63, 3.8) is 0 Å². The fourth-order valence-electron chi connectivity index (χ4n) is 1.36. The van der Waals surface area contributed by atoms with Crippen molar-refractivity contribution in [2.24, 2.45) is 0 Å². The van der Waals surface area contributed by atoms with Gasteiger partial charge in [0, 0.05) is 0 Å². The molecule has 0 amide bonds. The Labute approximate surface area is 86.0 Å². The predicted molar refractivity (Wildman–Crippen MR) is 52.7 cm³/mol. The van der Waals surface area contributed by atoms with Crippen LogP contribution in [0.5, 0.6) is 0 Å². The van der Waals surface area contributed by atoms with Crippen molar-refractivity contribution in [3.8, 4) is 5.69 Å². The van der Waals surface area contributed by atoms with Gasteiger partial charge in [0.25, 0.3) is 0 Å². The van der Waals surface area contributed by atoms with E-state index in [1.165, 1.54) is 4.80 Å². The molecule has 76 valence electrons. The Morgan fingerprint density at radius 2 is 1.93 bits per heavy atom. The zero-order chi connectivity index (χ0) is 10.7. The van der Waals surface area contributed by atoms with E-state index in [1.54, 1.807) is 30.6 Å². The molecule has 15 heavy (non-hydrogen) atoms. The third-order valence-corrected chi connectivity index (χ3v) is 1.97. The lowest BCUT2D eigenvalue weighted by Gasteiger charge is -2.05. The zero-order valence-corrected chi connectivity index (χ0v) is 7.87. The molecule has 0 radical (unpaired) electrons. The molecule has 0 aliphatic heterocycles. The van der Waals surface area contributed by atoms with E-state index < -0.39 is 5.97 Å². The van der Waals surface area contributed by atoms with Gasteiger partial charge in [0.05, 0.1) is 24.5 Å². The van der Waals surface area contributed by atoms with Crippen LogP contribution in [0.3, 0.4) is 0 Å². The van der Waals surface area contributed by atoms with Crippen LogP contribution in [0.15, 0.2) is 36.7 Å². The summed E-state index contributed by atoms with van der Waals surface area (Å²) in [5.74, 6) is -0.866. The van der Waals surface area contributed by atoms with Gasteiger partial charge < -0.3 is 5.11 Å². The highest BCUT2D eigenvalue weighted by Crippen LogP contribution is 2.12. The molecule has 0 spiro atoms. The fourth-order valence-corrected chi connectivity index (χ4v) is 1.36. The number of nitrogens with zero attached hydrogens (tertiary/aromatic N) is 3. The van der Waals surface area contributed by atoms with Crippen LogP contribution in [0, 0.1) is 0 Å². The van der Waals surface area contributed by atoms with Gasteiger partial charge in [-0.1, -0.05) is 18.2 Å². The molecule has 0 aliphatic rings. The minimum absolute atomic E-state index is 0.0300. The van der Waals surface area contributed by atoms with Crippen molar-refractivity contribution in [2.75, 3.05) is 0 Å². The van der Waals surface area contributed by atoms with Crippen molar-refractivity contribution in [2.45, 2.75) is 6.42 Å². The van der Waals surface area contributed by atoms with Gasteiger partial charge in [-0.05, 0) is 11.6 Å². The maximum absolute atomic E-state index is 10.6. The minimum atomic E-state index is -0.866. The molecule has 0 atom stereocenters. The van der Waals surface area contributed by atoms with Crippen molar-refractivity contribution in [3.05, 3.63) is 42.2 Å². The Morgan fingerprint density at radius 1 is 1.27 bits per heavy atom. The second kappa shape index (κ2) is 3.91. The smallest absolute Gasteiger partial charge is 0.307 e. The van der Waals surface area contributed by atoms with Gasteiger partial charge in [-0.25, -0.2) is 0 Å². The predicted octanol–water partition coefficient (Wildman–Crippen LogP) is 0.894. The van der Waals surface area contributed by atoms with Crippen LogP contribution in [0.4, 0.5) is 0 Å². The van der Waals surface area contributed by atoms with Crippen molar-refractivity contribution in [1.29, 1.82) is 0 Å². The van der Waals surface area contributed by atoms with Crippen molar-refractivity contribution >= 4 is 5.97 Å². The lowest BCUT2D eigenvalue weighted by atomic mass is 10.1. The van der Waals surface area contributed by atoms with E-state index in [1.807, 2.05) is 6.07 Å². The Kier molecular flexibility index (Phi) is 2.45. The molecule has 5 heteroatoms. The molecule has 1 aromatic carbocycles. The molecule has 5 nitrogen and oxygen atoms in total. The third kappa shape index (κ3) is 2.01. The average molecular weight is 203 g/mol. The summed E-state index contributed by atoms with van der Waals surface area (Å²) in [5, 5.41) is 16.7. The first-order valence-electron chi connectivity index (χ1n) is 4.44. The molecule has 1 N–H and O–H groups in total. The molecular formula is C10H9N3O2. The Hall–Kier alpha value is -2.17. The Bertz CT molecular complexity index is 465. The monoisotopic (exact) mass is 203 g/mol. The minimum Gasteiger partial charge on any atom is -0.481 e. The standard InChI is InChI=1S/C10H9N3O2/c14-10(15)7-8-3-1-2-4-9(8)13-11-5-6-12-13/h1-6H,7H2,(H,14,15). The van der Waals surface area contributed by atoms with Gasteiger partial charge in [-0.2, -0.15) is 15.0 Å². The van der Waals surface area contributed by atoms with Gasteiger partial charge in [0.15, 0.2) is 0 Å². The fraction of sp³-hybridized carbons (Fsp3) is 0.100. The van der Waals surface area contributed by atoms with E-state index in [0.29, 0.717) is 11.3 Å². The van der Waals surface area contributed by atoms with Crippen LogP contribution in [0.2, 0.25) is 0 Å². The number of aromatic nitrogens is 3. The summed E-state index contributed by atoms with van der Waals surface area (Å²) in [6.45, 7) is 0. The molecule has 0 fully saturated rings. The summed E-state index contributed by atoms with van der Waals surface area (Å²) in [6, 6.07) is 7.17. The summed E-state index contributed by atoms with van der Waals surface area (Å²) in [4.78, 5) is 12.1. The molecule has 1 aromatic heterocycles. The second-order valence-electron chi connectivity index (χ2n) is 3.02. The summed E-state index contributed by atoms with van der Waals surface area (Å²) in [6.07, 6.45) is 3.08. The van der Waals surface area contributed by atoms with E-state index in [0.717, 1.165) is 0 Å². The van der Waals surface area contributed by atoms with Gasteiger partial charge in [0.2, 0.25) is 0 Å². The number of aliphatic carboxylic acids is 1. The maximum Gasteiger partial charge on any atom is 0.307 e. The Balaban J connectivity index is 2.42. The van der Waals surface area contributed by atoms with Gasteiger partial charge in [0.1, 0.15) is 0 Å². The van der Waals surface area contributed by atoms with E-state index >= 15 is 0 Å². The van der Waals surface area contributed by atoms with E-state index in [2.05, 4.69) is 10.2 Å². The maximum atomic E-state index is 10.6. The van der Waals surface area contributed by atoms with Crippen LogP contribution in [0.25, 0.3) is 5.69 Å². The first-order chi connectivity index (χ1) is 7.27. The largest absolute Gasteiger partial charge is 0.481 e. The molecular weight excluding hydrogens is 194 g/mol. The number of para-hydroxylation sites is 1. The highest BCUT2D eigenvalue weighted by Gasteiger charge is 2.08. The molecule has 0 bridgehead atoms. The first kappa shape index (κ1) is 9.39. The number of carbonyl (C=O) groups is 1. The van der Waals surface area contributed by atoms with E-state index in [-0.39, 0.29) is 6.42 Å². The van der Waals surface area contributed by atoms with Gasteiger partial charge >= 0.3 is 5.97 Å². The summed E-state index contributed by atoms with van der Waals surface area (Å²) < 4.78 is 0. The topological polar surface area (TPSA) is 68.0 Å². The number of carboxylic acid groups (broad SMARTS) is 1. The van der Waals surface area contributed by atoms with E-state index in [4.69, 9.17) is 5.11 Å².